The van der Waals surface area contributed by atoms with Crippen LogP contribution in [0.1, 0.15) is 38.3 Å². The number of ether oxygens (including phenoxy) is 1. The molecule has 4 aromatic rings. The molecule has 0 bridgehead atoms. The molecular weight excluding hydrogens is 605 g/mol. The van der Waals surface area contributed by atoms with Gasteiger partial charge in [-0.15, -0.1) is 0 Å². The van der Waals surface area contributed by atoms with Crippen LogP contribution in [0.15, 0.2) is 114 Å². The lowest BCUT2D eigenvalue weighted by Gasteiger charge is -2.34. The Hall–Kier alpha value is -4.70. The van der Waals surface area contributed by atoms with Gasteiger partial charge < -0.3 is 15.0 Å². The summed E-state index contributed by atoms with van der Waals surface area (Å²) in [5.41, 5.74) is 1.25. The maximum Gasteiger partial charge on any atom is 0.264 e. The zero-order valence-corrected chi connectivity index (χ0v) is 27.1. The highest BCUT2D eigenvalue weighted by Crippen LogP contribution is 2.26. The molecule has 46 heavy (non-hydrogen) atoms. The van der Waals surface area contributed by atoms with Crippen molar-refractivity contribution in [3.63, 3.8) is 0 Å². The highest BCUT2D eigenvalue weighted by molar-refractivity contribution is 7.92. The molecule has 0 saturated heterocycles. The first kappa shape index (κ1) is 34.2. The topological polar surface area (TPSA) is 96.0 Å². The minimum absolute atomic E-state index is 0.0383. The monoisotopic (exact) mass is 645 g/mol. The Kier molecular flexibility index (Phi) is 11.9. The Balaban J connectivity index is 1.79. The van der Waals surface area contributed by atoms with Gasteiger partial charge in [0.1, 0.15) is 24.2 Å². The smallest absolute Gasteiger partial charge is 0.264 e. The van der Waals surface area contributed by atoms with Crippen molar-refractivity contribution in [3.05, 3.63) is 126 Å². The summed E-state index contributed by atoms with van der Waals surface area (Å²) in [6, 6.07) is 28.3. The third kappa shape index (κ3) is 8.72. The Morgan fingerprint density at radius 3 is 2.07 bits per heavy atom. The van der Waals surface area contributed by atoms with Gasteiger partial charge in [-0.25, -0.2) is 12.8 Å². The summed E-state index contributed by atoms with van der Waals surface area (Å²) >= 11 is 0. The quantitative estimate of drug-likeness (QED) is 0.172. The molecule has 0 aliphatic carbocycles. The molecule has 4 rings (SSSR count). The predicted molar refractivity (Wildman–Crippen MR) is 177 cm³/mol. The molecule has 1 N–H and O–H groups in total. The van der Waals surface area contributed by atoms with E-state index in [-0.39, 0.29) is 35.2 Å². The number of carbonyl (C=O) groups is 2. The Morgan fingerprint density at radius 1 is 0.848 bits per heavy atom. The number of hydrogen-bond acceptors (Lipinski definition) is 5. The van der Waals surface area contributed by atoms with Crippen molar-refractivity contribution in [2.75, 3.05) is 17.5 Å². The first-order valence-corrected chi connectivity index (χ1v) is 16.8. The lowest BCUT2D eigenvalue weighted by molar-refractivity contribution is -0.140. The fourth-order valence-corrected chi connectivity index (χ4v) is 6.34. The van der Waals surface area contributed by atoms with Crippen LogP contribution in [-0.4, -0.2) is 50.4 Å². The van der Waals surface area contributed by atoms with Crippen LogP contribution in [0, 0.1) is 5.82 Å². The fraction of sp³-hybridized carbons (Fsp3) is 0.278. The van der Waals surface area contributed by atoms with Crippen molar-refractivity contribution in [2.45, 2.75) is 57.1 Å². The highest BCUT2D eigenvalue weighted by atomic mass is 32.2. The summed E-state index contributed by atoms with van der Waals surface area (Å²) in [5.74, 6) is -1.11. The minimum Gasteiger partial charge on any atom is -0.494 e. The summed E-state index contributed by atoms with van der Waals surface area (Å²) in [6.07, 6.45) is 0.799. The molecule has 0 radical (unpaired) electrons. The van der Waals surface area contributed by atoms with Gasteiger partial charge in [-0.2, -0.15) is 0 Å². The van der Waals surface area contributed by atoms with Crippen LogP contribution in [0.2, 0.25) is 0 Å². The number of sulfonamides is 1. The van der Waals surface area contributed by atoms with Gasteiger partial charge in [-0.05, 0) is 68.3 Å². The standard InChI is InChI=1S/C36H40FN3O5S/c1-4-27(3)38-36(42)34(24-28-14-8-6-9-15-28)39(25-29-16-12-13-19-33(29)37)35(41)26-40(30-17-10-7-11-18-30)46(43,44)32-22-20-31(21-23-32)45-5-2/h6-23,27,34H,4-5,24-26H2,1-3H3,(H,38,42)/t27-,34+/m1/s1. The van der Waals surface area contributed by atoms with E-state index in [9.17, 15) is 18.0 Å². The van der Waals surface area contributed by atoms with Crippen molar-refractivity contribution in [1.29, 1.82) is 0 Å². The van der Waals surface area contributed by atoms with Gasteiger partial charge in [0.25, 0.3) is 10.0 Å². The van der Waals surface area contributed by atoms with Crippen molar-refractivity contribution in [1.82, 2.24) is 10.2 Å². The third-order valence-corrected chi connectivity index (χ3v) is 9.40. The van der Waals surface area contributed by atoms with Crippen LogP contribution in [0.3, 0.4) is 0 Å². The average Bonchev–Trinajstić information content (AvgIpc) is 3.07. The van der Waals surface area contributed by atoms with Crippen LogP contribution in [0.5, 0.6) is 5.75 Å². The van der Waals surface area contributed by atoms with Gasteiger partial charge in [0, 0.05) is 24.6 Å². The molecule has 10 heteroatoms. The molecule has 0 aromatic heterocycles. The number of hydrogen-bond donors (Lipinski definition) is 1. The number of benzene rings is 4. The molecular formula is C36H40FN3O5S. The van der Waals surface area contributed by atoms with Crippen molar-refractivity contribution >= 4 is 27.5 Å². The van der Waals surface area contributed by atoms with E-state index in [1.807, 2.05) is 51.1 Å². The summed E-state index contributed by atoms with van der Waals surface area (Å²) in [4.78, 5) is 29.5. The van der Waals surface area contributed by atoms with Crippen LogP contribution in [0.25, 0.3) is 0 Å². The van der Waals surface area contributed by atoms with Gasteiger partial charge in [-0.3, -0.25) is 13.9 Å². The molecule has 0 heterocycles. The number of nitrogens with zero attached hydrogens (tertiary/aromatic N) is 2. The first-order valence-electron chi connectivity index (χ1n) is 15.3. The first-order chi connectivity index (χ1) is 22.1. The fourth-order valence-electron chi connectivity index (χ4n) is 4.93. The van der Waals surface area contributed by atoms with Gasteiger partial charge in [0.2, 0.25) is 11.8 Å². The number of para-hydroxylation sites is 1. The molecule has 0 aliphatic heterocycles. The predicted octanol–water partition coefficient (Wildman–Crippen LogP) is 5.97. The van der Waals surface area contributed by atoms with Gasteiger partial charge in [0.15, 0.2) is 0 Å². The second-order valence-electron chi connectivity index (χ2n) is 10.9. The molecule has 0 saturated carbocycles. The van der Waals surface area contributed by atoms with Crippen molar-refractivity contribution in [3.8, 4) is 5.75 Å². The van der Waals surface area contributed by atoms with Crippen LogP contribution < -0.4 is 14.4 Å². The molecule has 0 spiro atoms. The maximum absolute atomic E-state index is 15.0. The maximum atomic E-state index is 15.0. The summed E-state index contributed by atoms with van der Waals surface area (Å²) in [5, 5.41) is 2.97. The van der Waals surface area contributed by atoms with E-state index >= 15 is 4.39 Å². The van der Waals surface area contributed by atoms with Crippen molar-refractivity contribution in [2.24, 2.45) is 0 Å². The SMILES string of the molecule is CCOc1ccc(S(=O)(=O)N(CC(=O)N(Cc2ccccc2F)[C@@H](Cc2ccccc2)C(=O)N[C@H](C)CC)c2ccccc2)cc1. The highest BCUT2D eigenvalue weighted by Gasteiger charge is 2.35. The van der Waals surface area contributed by atoms with Crippen molar-refractivity contribution < 1.29 is 27.1 Å². The number of rotatable bonds is 15. The van der Waals surface area contributed by atoms with E-state index in [2.05, 4.69) is 5.32 Å². The number of halogens is 1. The second-order valence-corrected chi connectivity index (χ2v) is 12.8. The number of carbonyl (C=O) groups excluding carboxylic acids is 2. The van der Waals surface area contributed by atoms with E-state index < -0.39 is 40.2 Å². The lowest BCUT2D eigenvalue weighted by Crippen LogP contribution is -2.54. The summed E-state index contributed by atoms with van der Waals surface area (Å²) in [6.45, 7) is 5.17. The Morgan fingerprint density at radius 2 is 1.46 bits per heavy atom. The molecule has 0 aliphatic rings. The van der Waals surface area contributed by atoms with E-state index in [0.29, 0.717) is 18.8 Å². The normalized spacial score (nSPS) is 12.5. The third-order valence-electron chi connectivity index (χ3n) is 7.62. The number of anilines is 1. The summed E-state index contributed by atoms with van der Waals surface area (Å²) < 4.78 is 49.8. The molecule has 8 nitrogen and oxygen atoms in total. The molecule has 4 aromatic carbocycles. The van der Waals surface area contributed by atoms with E-state index in [4.69, 9.17) is 4.74 Å². The molecule has 242 valence electrons. The van der Waals surface area contributed by atoms with Crippen LogP contribution in [0.4, 0.5) is 10.1 Å². The van der Waals surface area contributed by atoms with Gasteiger partial charge in [0.05, 0.1) is 17.2 Å². The minimum atomic E-state index is -4.27. The number of nitrogens with one attached hydrogen (secondary N) is 1. The van der Waals surface area contributed by atoms with Gasteiger partial charge in [-0.1, -0.05) is 73.7 Å². The molecule has 2 atom stereocenters. The number of amides is 2. The van der Waals surface area contributed by atoms with E-state index in [0.717, 1.165) is 9.87 Å². The van der Waals surface area contributed by atoms with E-state index in [1.165, 1.54) is 23.1 Å². The summed E-state index contributed by atoms with van der Waals surface area (Å²) in [7, 11) is -4.27. The molecule has 0 fully saturated rings. The van der Waals surface area contributed by atoms with Crippen LogP contribution in [-0.2, 0) is 32.6 Å². The second kappa shape index (κ2) is 16.0. The van der Waals surface area contributed by atoms with Gasteiger partial charge >= 0.3 is 0 Å². The van der Waals surface area contributed by atoms with E-state index in [1.54, 1.807) is 60.7 Å². The zero-order chi connectivity index (χ0) is 33.1. The average molecular weight is 646 g/mol. The largest absolute Gasteiger partial charge is 0.494 e. The molecule has 0 unspecified atom stereocenters. The molecule has 2 amide bonds. The Labute approximate surface area is 270 Å². The lowest BCUT2D eigenvalue weighted by atomic mass is 10.0. The van der Waals surface area contributed by atoms with Crippen LogP contribution >= 0.6 is 0 Å². The Bertz CT molecular complexity index is 1690. The zero-order valence-electron chi connectivity index (χ0n) is 26.3.